The Hall–Kier alpha value is -1.07. The molecule has 1 aromatic carbocycles. The predicted molar refractivity (Wildman–Crippen MR) is 88.6 cm³/mol. The first-order valence-electron chi connectivity index (χ1n) is 7.84. The SMILES string of the molecule is CCCCN(CCNC1CCS(=O)(=O)C1)c1ccccc1. The summed E-state index contributed by atoms with van der Waals surface area (Å²) in [6, 6.07) is 10.6. The summed E-state index contributed by atoms with van der Waals surface area (Å²) in [6.07, 6.45) is 3.10. The highest BCUT2D eigenvalue weighted by Gasteiger charge is 2.27. The molecule has 0 spiro atoms. The number of para-hydroxylation sites is 1. The Kier molecular flexibility index (Phi) is 6.06. The van der Waals surface area contributed by atoms with Gasteiger partial charge in [-0.2, -0.15) is 0 Å². The van der Waals surface area contributed by atoms with Crippen LogP contribution in [0.1, 0.15) is 26.2 Å². The van der Waals surface area contributed by atoms with Crippen LogP contribution in [-0.2, 0) is 9.84 Å². The first-order chi connectivity index (χ1) is 10.1. The van der Waals surface area contributed by atoms with Crippen molar-refractivity contribution in [2.45, 2.75) is 32.2 Å². The summed E-state index contributed by atoms with van der Waals surface area (Å²) in [6.45, 7) is 5.00. The van der Waals surface area contributed by atoms with Crippen molar-refractivity contribution in [3.8, 4) is 0 Å². The van der Waals surface area contributed by atoms with E-state index in [2.05, 4.69) is 41.4 Å². The lowest BCUT2D eigenvalue weighted by Crippen LogP contribution is -2.38. The lowest BCUT2D eigenvalue weighted by Gasteiger charge is -2.25. The monoisotopic (exact) mass is 310 g/mol. The molecule has 0 aliphatic carbocycles. The molecule has 0 saturated carbocycles. The number of anilines is 1. The zero-order valence-corrected chi connectivity index (χ0v) is 13.6. The molecule has 0 bridgehead atoms. The van der Waals surface area contributed by atoms with Crippen molar-refractivity contribution >= 4 is 15.5 Å². The van der Waals surface area contributed by atoms with E-state index in [9.17, 15) is 8.42 Å². The van der Waals surface area contributed by atoms with Crippen LogP contribution >= 0.6 is 0 Å². The summed E-state index contributed by atoms with van der Waals surface area (Å²) in [5.41, 5.74) is 1.24. The molecule has 0 amide bonds. The molecule has 0 radical (unpaired) electrons. The van der Waals surface area contributed by atoms with Gasteiger partial charge in [-0.15, -0.1) is 0 Å². The Labute approximate surface area is 128 Å². The summed E-state index contributed by atoms with van der Waals surface area (Å²) < 4.78 is 22.9. The highest BCUT2D eigenvalue weighted by atomic mass is 32.2. The van der Waals surface area contributed by atoms with Crippen molar-refractivity contribution in [2.24, 2.45) is 0 Å². The van der Waals surface area contributed by atoms with Gasteiger partial charge in [0.15, 0.2) is 9.84 Å². The van der Waals surface area contributed by atoms with Gasteiger partial charge in [-0.1, -0.05) is 31.5 Å². The van der Waals surface area contributed by atoms with Crippen LogP contribution in [0.25, 0.3) is 0 Å². The number of hydrogen-bond donors (Lipinski definition) is 1. The van der Waals surface area contributed by atoms with Gasteiger partial charge in [0.25, 0.3) is 0 Å². The standard InChI is InChI=1S/C16H26N2O2S/c1-2-3-11-18(16-7-5-4-6-8-16)12-10-17-15-9-13-21(19,20)14-15/h4-8,15,17H,2-3,9-14H2,1H3. The molecule has 2 rings (SSSR count). The molecule has 0 aromatic heterocycles. The van der Waals surface area contributed by atoms with Crippen LogP contribution in [0.4, 0.5) is 5.69 Å². The number of rotatable bonds is 8. The van der Waals surface area contributed by atoms with Crippen LogP contribution in [0.2, 0.25) is 0 Å². The van der Waals surface area contributed by atoms with Crippen molar-refractivity contribution in [1.29, 1.82) is 0 Å². The summed E-state index contributed by atoms with van der Waals surface area (Å²) in [5.74, 6) is 0.635. The van der Waals surface area contributed by atoms with Gasteiger partial charge in [-0.3, -0.25) is 0 Å². The van der Waals surface area contributed by atoms with Crippen LogP contribution in [0.5, 0.6) is 0 Å². The lowest BCUT2D eigenvalue weighted by atomic mass is 10.2. The van der Waals surface area contributed by atoms with Gasteiger partial charge in [0.1, 0.15) is 0 Å². The molecule has 1 saturated heterocycles. The van der Waals surface area contributed by atoms with E-state index in [-0.39, 0.29) is 6.04 Å². The molecular formula is C16H26N2O2S. The van der Waals surface area contributed by atoms with Crippen LogP contribution in [0.15, 0.2) is 30.3 Å². The van der Waals surface area contributed by atoms with Crippen LogP contribution in [-0.4, -0.2) is 45.6 Å². The topological polar surface area (TPSA) is 49.4 Å². The molecule has 118 valence electrons. The third-order valence-electron chi connectivity index (χ3n) is 3.95. The molecule has 1 N–H and O–H groups in total. The summed E-state index contributed by atoms with van der Waals surface area (Å²) in [5, 5.41) is 3.39. The van der Waals surface area contributed by atoms with Crippen molar-refractivity contribution in [3.63, 3.8) is 0 Å². The van der Waals surface area contributed by atoms with E-state index < -0.39 is 9.84 Å². The fraction of sp³-hybridized carbons (Fsp3) is 0.625. The number of benzene rings is 1. The number of nitrogens with one attached hydrogen (secondary N) is 1. The zero-order valence-electron chi connectivity index (χ0n) is 12.8. The Morgan fingerprint density at radius 3 is 2.62 bits per heavy atom. The molecule has 1 aromatic rings. The van der Waals surface area contributed by atoms with E-state index in [0.29, 0.717) is 11.5 Å². The number of sulfone groups is 1. The van der Waals surface area contributed by atoms with E-state index in [1.807, 2.05) is 6.07 Å². The minimum absolute atomic E-state index is 0.138. The van der Waals surface area contributed by atoms with Gasteiger partial charge in [0, 0.05) is 31.4 Å². The number of nitrogens with zero attached hydrogens (tertiary/aromatic N) is 1. The van der Waals surface area contributed by atoms with Crippen molar-refractivity contribution in [2.75, 3.05) is 36.0 Å². The van der Waals surface area contributed by atoms with Gasteiger partial charge in [-0.05, 0) is 25.0 Å². The highest BCUT2D eigenvalue weighted by Crippen LogP contribution is 2.14. The Morgan fingerprint density at radius 1 is 1.24 bits per heavy atom. The van der Waals surface area contributed by atoms with E-state index in [4.69, 9.17) is 0 Å². The molecule has 1 unspecified atom stereocenters. The second kappa shape index (κ2) is 7.80. The molecule has 4 nitrogen and oxygen atoms in total. The minimum Gasteiger partial charge on any atom is -0.370 e. The average molecular weight is 310 g/mol. The zero-order chi connectivity index (χ0) is 15.1. The van der Waals surface area contributed by atoms with E-state index >= 15 is 0 Å². The molecule has 21 heavy (non-hydrogen) atoms. The van der Waals surface area contributed by atoms with Gasteiger partial charge in [0.05, 0.1) is 11.5 Å². The molecule has 1 heterocycles. The summed E-state index contributed by atoms with van der Waals surface area (Å²) in [4.78, 5) is 2.37. The van der Waals surface area contributed by atoms with Crippen molar-refractivity contribution < 1.29 is 8.42 Å². The second-order valence-electron chi connectivity index (χ2n) is 5.73. The van der Waals surface area contributed by atoms with Gasteiger partial charge < -0.3 is 10.2 Å². The number of unbranched alkanes of at least 4 members (excludes halogenated alkanes) is 1. The van der Waals surface area contributed by atoms with E-state index in [1.54, 1.807) is 0 Å². The average Bonchev–Trinajstić information content (AvgIpc) is 2.83. The highest BCUT2D eigenvalue weighted by molar-refractivity contribution is 7.91. The fourth-order valence-corrected chi connectivity index (χ4v) is 4.43. The van der Waals surface area contributed by atoms with Crippen LogP contribution in [0.3, 0.4) is 0 Å². The molecule has 5 heteroatoms. The maximum absolute atomic E-state index is 11.5. The Morgan fingerprint density at radius 2 is 2.00 bits per heavy atom. The van der Waals surface area contributed by atoms with Gasteiger partial charge >= 0.3 is 0 Å². The van der Waals surface area contributed by atoms with Gasteiger partial charge in [-0.25, -0.2) is 8.42 Å². The molecule has 1 fully saturated rings. The second-order valence-corrected chi connectivity index (χ2v) is 7.96. The van der Waals surface area contributed by atoms with Crippen molar-refractivity contribution in [1.82, 2.24) is 5.32 Å². The summed E-state index contributed by atoms with van der Waals surface area (Å²) in [7, 11) is -2.79. The maximum Gasteiger partial charge on any atom is 0.151 e. The molecule has 1 atom stereocenters. The van der Waals surface area contributed by atoms with Crippen molar-refractivity contribution in [3.05, 3.63) is 30.3 Å². The first-order valence-corrected chi connectivity index (χ1v) is 9.66. The third-order valence-corrected chi connectivity index (χ3v) is 5.72. The lowest BCUT2D eigenvalue weighted by molar-refractivity contribution is 0.548. The van der Waals surface area contributed by atoms with Crippen LogP contribution in [0, 0.1) is 0 Å². The Balaban J connectivity index is 1.82. The van der Waals surface area contributed by atoms with E-state index in [1.165, 1.54) is 18.5 Å². The minimum atomic E-state index is -2.79. The van der Waals surface area contributed by atoms with E-state index in [0.717, 1.165) is 26.1 Å². The summed E-state index contributed by atoms with van der Waals surface area (Å²) >= 11 is 0. The van der Waals surface area contributed by atoms with Gasteiger partial charge in [0.2, 0.25) is 0 Å². The molecular weight excluding hydrogens is 284 g/mol. The maximum atomic E-state index is 11.5. The Bertz CT molecular complexity index is 516. The smallest absolute Gasteiger partial charge is 0.151 e. The predicted octanol–water partition coefficient (Wildman–Crippen LogP) is 2.07. The number of hydrogen-bond acceptors (Lipinski definition) is 4. The molecule has 1 aliphatic rings. The largest absolute Gasteiger partial charge is 0.370 e. The third kappa shape index (κ3) is 5.32. The molecule has 1 aliphatic heterocycles. The quantitative estimate of drug-likeness (QED) is 0.798. The fourth-order valence-electron chi connectivity index (χ4n) is 2.72. The normalized spacial score (nSPS) is 20.5. The van der Waals surface area contributed by atoms with Crippen LogP contribution < -0.4 is 10.2 Å². The first kappa shape index (κ1) is 16.3.